The van der Waals surface area contributed by atoms with E-state index in [2.05, 4.69) is 29.8 Å². The summed E-state index contributed by atoms with van der Waals surface area (Å²) in [6.45, 7) is 6.86. The molecule has 0 amide bonds. The molecule has 4 heteroatoms. The van der Waals surface area contributed by atoms with Gasteiger partial charge in [0.15, 0.2) is 0 Å². The van der Waals surface area contributed by atoms with Crippen molar-refractivity contribution in [3.63, 3.8) is 0 Å². The Morgan fingerprint density at radius 1 is 1.35 bits per heavy atom. The van der Waals surface area contributed by atoms with Gasteiger partial charge in [0.1, 0.15) is 4.99 Å². The molecule has 2 N–H and O–H groups in total. The van der Waals surface area contributed by atoms with Crippen LogP contribution in [0.5, 0.6) is 0 Å². The minimum atomic E-state index is 0.358. The smallest absolute Gasteiger partial charge is 0.122 e. The summed E-state index contributed by atoms with van der Waals surface area (Å²) < 4.78 is 0. The predicted octanol–water partition coefficient (Wildman–Crippen LogP) is 2.34. The standard InChI is InChI=1S/C13H19N3S/c1-13(2)5-7-16(8-6-13)10-3-4-11(12(14)17)15-9-10/h3-4,9H,5-8H2,1-2H3,(H2,14,17). The third-order valence-electron chi connectivity index (χ3n) is 3.48. The summed E-state index contributed by atoms with van der Waals surface area (Å²) in [5.74, 6) is 0. The van der Waals surface area contributed by atoms with E-state index in [1.165, 1.54) is 18.5 Å². The molecule has 1 aromatic heterocycles. The third-order valence-corrected chi connectivity index (χ3v) is 3.69. The highest BCUT2D eigenvalue weighted by Crippen LogP contribution is 2.31. The van der Waals surface area contributed by atoms with Gasteiger partial charge in [-0.15, -0.1) is 0 Å². The monoisotopic (exact) mass is 249 g/mol. The Labute approximate surface area is 108 Å². The maximum Gasteiger partial charge on any atom is 0.122 e. The van der Waals surface area contributed by atoms with Crippen LogP contribution in [0, 0.1) is 5.41 Å². The van der Waals surface area contributed by atoms with Gasteiger partial charge in [0, 0.05) is 13.1 Å². The highest BCUT2D eigenvalue weighted by Gasteiger charge is 2.25. The number of nitrogens with zero attached hydrogens (tertiary/aromatic N) is 2. The topological polar surface area (TPSA) is 42.1 Å². The highest BCUT2D eigenvalue weighted by atomic mass is 32.1. The van der Waals surface area contributed by atoms with Crippen molar-refractivity contribution in [2.75, 3.05) is 18.0 Å². The molecule has 0 bridgehead atoms. The van der Waals surface area contributed by atoms with Crippen LogP contribution < -0.4 is 10.6 Å². The minimum Gasteiger partial charge on any atom is -0.388 e. The molecule has 0 spiro atoms. The van der Waals surface area contributed by atoms with Gasteiger partial charge in [0.25, 0.3) is 0 Å². The molecule has 0 aliphatic carbocycles. The number of hydrogen-bond donors (Lipinski definition) is 1. The maximum atomic E-state index is 5.53. The van der Waals surface area contributed by atoms with Gasteiger partial charge in [0.05, 0.1) is 17.6 Å². The van der Waals surface area contributed by atoms with E-state index < -0.39 is 0 Å². The first kappa shape index (κ1) is 12.3. The van der Waals surface area contributed by atoms with Crippen molar-refractivity contribution in [3.05, 3.63) is 24.0 Å². The molecular weight excluding hydrogens is 230 g/mol. The second kappa shape index (κ2) is 4.61. The molecule has 1 aliphatic rings. The molecule has 0 atom stereocenters. The van der Waals surface area contributed by atoms with Crippen molar-refractivity contribution in [1.82, 2.24) is 4.98 Å². The van der Waals surface area contributed by atoms with Gasteiger partial charge in [-0.3, -0.25) is 4.98 Å². The van der Waals surface area contributed by atoms with E-state index in [0.717, 1.165) is 13.1 Å². The molecule has 0 saturated carbocycles. The number of nitrogens with two attached hydrogens (primary N) is 1. The van der Waals surface area contributed by atoms with Crippen molar-refractivity contribution in [3.8, 4) is 0 Å². The molecule has 2 rings (SSSR count). The lowest BCUT2D eigenvalue weighted by Gasteiger charge is -2.38. The van der Waals surface area contributed by atoms with Crippen LogP contribution in [0.1, 0.15) is 32.4 Å². The number of anilines is 1. The molecule has 1 aliphatic heterocycles. The van der Waals surface area contributed by atoms with Gasteiger partial charge in [-0.2, -0.15) is 0 Å². The van der Waals surface area contributed by atoms with Crippen LogP contribution in [0.25, 0.3) is 0 Å². The van der Waals surface area contributed by atoms with E-state index in [4.69, 9.17) is 18.0 Å². The lowest BCUT2D eigenvalue weighted by atomic mass is 9.82. The maximum absolute atomic E-state index is 5.53. The number of pyridine rings is 1. The van der Waals surface area contributed by atoms with E-state index in [1.807, 2.05) is 12.3 Å². The van der Waals surface area contributed by atoms with Crippen molar-refractivity contribution in [2.24, 2.45) is 11.1 Å². The molecule has 17 heavy (non-hydrogen) atoms. The zero-order valence-electron chi connectivity index (χ0n) is 10.4. The van der Waals surface area contributed by atoms with Crippen LogP contribution in [-0.2, 0) is 0 Å². The Kier molecular flexibility index (Phi) is 3.33. The van der Waals surface area contributed by atoms with Crippen LogP contribution >= 0.6 is 12.2 Å². The van der Waals surface area contributed by atoms with E-state index in [1.54, 1.807) is 0 Å². The van der Waals surface area contributed by atoms with E-state index in [-0.39, 0.29) is 0 Å². The summed E-state index contributed by atoms with van der Waals surface area (Å²) in [5, 5.41) is 0. The van der Waals surface area contributed by atoms with Gasteiger partial charge in [-0.05, 0) is 30.4 Å². The first-order valence-corrected chi connectivity index (χ1v) is 6.40. The number of piperidine rings is 1. The molecule has 0 radical (unpaired) electrons. The Hall–Kier alpha value is -1.16. The van der Waals surface area contributed by atoms with Gasteiger partial charge in [-0.25, -0.2) is 0 Å². The van der Waals surface area contributed by atoms with Crippen LogP contribution in [0.3, 0.4) is 0 Å². The van der Waals surface area contributed by atoms with Gasteiger partial charge < -0.3 is 10.6 Å². The van der Waals surface area contributed by atoms with Gasteiger partial charge in [-0.1, -0.05) is 26.1 Å². The van der Waals surface area contributed by atoms with Crippen LogP contribution in [-0.4, -0.2) is 23.1 Å². The summed E-state index contributed by atoms with van der Waals surface area (Å²) >= 11 is 4.89. The van der Waals surface area contributed by atoms with Crippen molar-refractivity contribution >= 4 is 22.9 Å². The zero-order valence-corrected chi connectivity index (χ0v) is 11.3. The molecule has 3 nitrogen and oxygen atoms in total. The van der Waals surface area contributed by atoms with Gasteiger partial charge in [0.2, 0.25) is 0 Å². The Morgan fingerprint density at radius 3 is 2.47 bits per heavy atom. The highest BCUT2D eigenvalue weighted by molar-refractivity contribution is 7.80. The minimum absolute atomic E-state index is 0.358. The Balaban J connectivity index is 2.06. The molecule has 1 aromatic rings. The van der Waals surface area contributed by atoms with E-state index in [0.29, 0.717) is 16.1 Å². The quantitative estimate of drug-likeness (QED) is 0.817. The lowest BCUT2D eigenvalue weighted by Crippen LogP contribution is -2.37. The van der Waals surface area contributed by atoms with Crippen LogP contribution in [0.15, 0.2) is 18.3 Å². The number of hydrogen-bond acceptors (Lipinski definition) is 3. The first-order valence-electron chi connectivity index (χ1n) is 5.99. The number of rotatable bonds is 2. The third kappa shape index (κ3) is 2.94. The van der Waals surface area contributed by atoms with Crippen molar-refractivity contribution in [1.29, 1.82) is 0 Å². The molecule has 2 heterocycles. The van der Waals surface area contributed by atoms with E-state index in [9.17, 15) is 0 Å². The second-order valence-corrected chi connectivity index (χ2v) is 5.86. The largest absolute Gasteiger partial charge is 0.388 e. The summed E-state index contributed by atoms with van der Waals surface area (Å²) in [5.41, 5.74) is 7.87. The molecule has 1 fully saturated rings. The summed E-state index contributed by atoms with van der Waals surface area (Å²) in [7, 11) is 0. The average Bonchev–Trinajstić information content (AvgIpc) is 2.29. The van der Waals surface area contributed by atoms with Crippen molar-refractivity contribution in [2.45, 2.75) is 26.7 Å². The second-order valence-electron chi connectivity index (χ2n) is 5.42. The molecular formula is C13H19N3S. The zero-order chi connectivity index (χ0) is 12.5. The number of thiocarbonyl (C=S) groups is 1. The molecule has 0 aromatic carbocycles. The Morgan fingerprint density at radius 2 is 2.00 bits per heavy atom. The fourth-order valence-electron chi connectivity index (χ4n) is 2.09. The number of aromatic nitrogens is 1. The molecule has 0 unspecified atom stereocenters. The lowest BCUT2D eigenvalue weighted by molar-refractivity contribution is 0.280. The molecule has 92 valence electrons. The Bertz CT molecular complexity index is 401. The fourth-order valence-corrected chi connectivity index (χ4v) is 2.21. The van der Waals surface area contributed by atoms with Gasteiger partial charge >= 0.3 is 0 Å². The summed E-state index contributed by atoms with van der Waals surface area (Å²) in [6, 6.07) is 3.96. The average molecular weight is 249 g/mol. The fraction of sp³-hybridized carbons (Fsp3) is 0.538. The molecule has 1 saturated heterocycles. The normalized spacial score (nSPS) is 19.1. The summed E-state index contributed by atoms with van der Waals surface area (Å²) in [4.78, 5) is 7.02. The SMILES string of the molecule is CC1(C)CCN(c2ccc(C(N)=S)nc2)CC1. The van der Waals surface area contributed by atoms with Crippen LogP contribution in [0.4, 0.5) is 5.69 Å². The van der Waals surface area contributed by atoms with E-state index >= 15 is 0 Å². The van der Waals surface area contributed by atoms with Crippen LogP contribution in [0.2, 0.25) is 0 Å². The first-order chi connectivity index (χ1) is 7.98. The van der Waals surface area contributed by atoms with Crippen molar-refractivity contribution < 1.29 is 0 Å². The predicted molar refractivity (Wildman–Crippen MR) is 75.4 cm³/mol. The summed E-state index contributed by atoms with van der Waals surface area (Å²) in [6.07, 6.45) is 4.32.